The van der Waals surface area contributed by atoms with Gasteiger partial charge >= 0.3 is 0 Å². The minimum absolute atomic E-state index is 0.240. The van der Waals surface area contributed by atoms with Crippen molar-refractivity contribution >= 4 is 23.2 Å². The van der Waals surface area contributed by atoms with Crippen LogP contribution in [-0.4, -0.2) is 17.9 Å². The number of nitrogens with one attached hydrogen (secondary N) is 2. The van der Waals surface area contributed by atoms with E-state index >= 15 is 0 Å². The van der Waals surface area contributed by atoms with Gasteiger partial charge in [-0.15, -0.1) is 11.3 Å². The van der Waals surface area contributed by atoms with Gasteiger partial charge in [0.2, 0.25) is 5.91 Å². The highest BCUT2D eigenvalue weighted by Crippen LogP contribution is 2.08. The first-order valence-corrected chi connectivity index (χ1v) is 6.69. The molecular weight excluding hydrogens is 264 g/mol. The average Bonchev–Trinajstić information content (AvgIpc) is 3.08. The van der Waals surface area contributed by atoms with Crippen LogP contribution < -0.4 is 10.6 Å². The Hall–Kier alpha value is -2.08. The molecular formula is C13H14N2O3S. The van der Waals surface area contributed by atoms with Crippen LogP contribution >= 0.6 is 11.3 Å². The molecule has 100 valence electrons. The molecule has 0 saturated carbocycles. The van der Waals surface area contributed by atoms with E-state index in [2.05, 4.69) is 10.6 Å². The maximum absolute atomic E-state index is 11.8. The predicted octanol–water partition coefficient (Wildman–Crippen LogP) is 1.78. The van der Waals surface area contributed by atoms with Gasteiger partial charge in [0.15, 0.2) is 0 Å². The summed E-state index contributed by atoms with van der Waals surface area (Å²) in [6.07, 6.45) is 1.55. The third-order valence-corrected chi connectivity index (χ3v) is 3.37. The SMILES string of the molecule is C[C@@H](NC(=O)c1cccs1)C(=O)NCc1ccco1. The molecule has 5 nitrogen and oxygen atoms in total. The van der Waals surface area contributed by atoms with Crippen LogP contribution in [0.2, 0.25) is 0 Å². The van der Waals surface area contributed by atoms with Crippen molar-refractivity contribution in [3.8, 4) is 0 Å². The van der Waals surface area contributed by atoms with E-state index in [0.717, 1.165) is 0 Å². The van der Waals surface area contributed by atoms with Crippen LogP contribution in [-0.2, 0) is 11.3 Å². The molecule has 19 heavy (non-hydrogen) atoms. The highest BCUT2D eigenvalue weighted by atomic mass is 32.1. The van der Waals surface area contributed by atoms with Crippen molar-refractivity contribution in [2.24, 2.45) is 0 Å². The Kier molecular flexibility index (Phi) is 4.35. The number of carbonyl (C=O) groups excluding carboxylic acids is 2. The normalized spacial score (nSPS) is 11.8. The van der Waals surface area contributed by atoms with Gasteiger partial charge < -0.3 is 15.1 Å². The van der Waals surface area contributed by atoms with E-state index in [9.17, 15) is 9.59 Å². The van der Waals surface area contributed by atoms with Crippen molar-refractivity contribution in [2.75, 3.05) is 0 Å². The van der Waals surface area contributed by atoms with Crippen molar-refractivity contribution in [3.05, 3.63) is 46.5 Å². The molecule has 2 aromatic heterocycles. The predicted molar refractivity (Wildman–Crippen MR) is 71.8 cm³/mol. The molecule has 0 spiro atoms. The lowest BCUT2D eigenvalue weighted by atomic mass is 10.3. The van der Waals surface area contributed by atoms with Crippen molar-refractivity contribution in [1.82, 2.24) is 10.6 Å². The van der Waals surface area contributed by atoms with Crippen LogP contribution in [0.5, 0.6) is 0 Å². The maximum atomic E-state index is 11.8. The summed E-state index contributed by atoms with van der Waals surface area (Å²) < 4.78 is 5.10. The first-order valence-electron chi connectivity index (χ1n) is 5.81. The zero-order valence-electron chi connectivity index (χ0n) is 10.4. The van der Waals surface area contributed by atoms with Gasteiger partial charge in [0, 0.05) is 0 Å². The zero-order valence-corrected chi connectivity index (χ0v) is 11.2. The fourth-order valence-electron chi connectivity index (χ4n) is 1.48. The number of carbonyl (C=O) groups is 2. The third kappa shape index (κ3) is 3.69. The molecule has 0 fully saturated rings. The van der Waals surface area contributed by atoms with E-state index in [0.29, 0.717) is 17.2 Å². The van der Waals surface area contributed by atoms with Crippen LogP contribution in [0.25, 0.3) is 0 Å². The van der Waals surface area contributed by atoms with E-state index in [1.807, 2.05) is 5.38 Å². The maximum Gasteiger partial charge on any atom is 0.261 e. The molecule has 0 aliphatic rings. The van der Waals surface area contributed by atoms with Crippen molar-refractivity contribution in [3.63, 3.8) is 0 Å². The topological polar surface area (TPSA) is 71.3 Å². The Bertz CT molecular complexity index is 534. The largest absolute Gasteiger partial charge is 0.467 e. The lowest BCUT2D eigenvalue weighted by Crippen LogP contribution is -2.44. The van der Waals surface area contributed by atoms with Gasteiger partial charge in [-0.3, -0.25) is 9.59 Å². The number of hydrogen-bond acceptors (Lipinski definition) is 4. The van der Waals surface area contributed by atoms with Crippen molar-refractivity contribution < 1.29 is 14.0 Å². The van der Waals surface area contributed by atoms with Crippen LogP contribution in [0.4, 0.5) is 0 Å². The van der Waals surface area contributed by atoms with Gasteiger partial charge in [-0.1, -0.05) is 6.07 Å². The molecule has 2 rings (SSSR count). The van der Waals surface area contributed by atoms with E-state index in [1.54, 1.807) is 37.5 Å². The summed E-state index contributed by atoms with van der Waals surface area (Å²) in [7, 11) is 0. The summed E-state index contributed by atoms with van der Waals surface area (Å²) >= 11 is 1.34. The lowest BCUT2D eigenvalue weighted by molar-refractivity contribution is -0.122. The van der Waals surface area contributed by atoms with Gasteiger partial charge in [-0.25, -0.2) is 0 Å². The number of amides is 2. The Morgan fingerprint density at radius 2 is 2.21 bits per heavy atom. The molecule has 1 atom stereocenters. The molecule has 0 aliphatic carbocycles. The fourth-order valence-corrected chi connectivity index (χ4v) is 2.11. The number of rotatable bonds is 5. The van der Waals surface area contributed by atoms with Crippen molar-refractivity contribution in [1.29, 1.82) is 0 Å². The third-order valence-electron chi connectivity index (χ3n) is 2.50. The van der Waals surface area contributed by atoms with E-state index in [1.165, 1.54) is 11.3 Å². The second-order valence-electron chi connectivity index (χ2n) is 3.97. The molecule has 0 radical (unpaired) electrons. The molecule has 0 aliphatic heterocycles. The summed E-state index contributed by atoms with van der Waals surface area (Å²) in [5.41, 5.74) is 0. The van der Waals surface area contributed by atoms with Gasteiger partial charge in [-0.05, 0) is 30.5 Å². The van der Waals surface area contributed by atoms with Gasteiger partial charge in [0.1, 0.15) is 11.8 Å². The molecule has 0 saturated heterocycles. The second kappa shape index (κ2) is 6.19. The molecule has 6 heteroatoms. The summed E-state index contributed by atoms with van der Waals surface area (Å²) in [5, 5.41) is 7.15. The Morgan fingerprint density at radius 3 is 2.84 bits per heavy atom. The Balaban J connectivity index is 1.80. The van der Waals surface area contributed by atoms with Gasteiger partial charge in [0.05, 0.1) is 17.7 Å². The summed E-state index contributed by atoms with van der Waals surface area (Å²) in [5.74, 6) is 0.182. The first-order chi connectivity index (χ1) is 9.16. The van der Waals surface area contributed by atoms with Crippen LogP contribution in [0, 0.1) is 0 Å². The van der Waals surface area contributed by atoms with Crippen LogP contribution in [0.3, 0.4) is 0 Å². The van der Waals surface area contributed by atoms with Gasteiger partial charge in [0.25, 0.3) is 5.91 Å². The minimum atomic E-state index is -0.593. The number of furan rings is 1. The van der Waals surface area contributed by atoms with Crippen LogP contribution in [0.15, 0.2) is 40.3 Å². The van der Waals surface area contributed by atoms with E-state index < -0.39 is 6.04 Å². The highest BCUT2D eigenvalue weighted by molar-refractivity contribution is 7.12. The minimum Gasteiger partial charge on any atom is -0.467 e. The van der Waals surface area contributed by atoms with E-state index in [-0.39, 0.29) is 11.8 Å². The molecule has 0 unspecified atom stereocenters. The Labute approximate surface area is 114 Å². The smallest absolute Gasteiger partial charge is 0.261 e. The first kappa shape index (κ1) is 13.4. The molecule has 2 N–H and O–H groups in total. The molecule has 2 aromatic rings. The van der Waals surface area contributed by atoms with Crippen LogP contribution in [0.1, 0.15) is 22.4 Å². The Morgan fingerprint density at radius 1 is 1.37 bits per heavy atom. The zero-order chi connectivity index (χ0) is 13.7. The standard InChI is InChI=1S/C13H14N2O3S/c1-9(15-13(17)11-5-3-7-19-11)12(16)14-8-10-4-2-6-18-10/h2-7,9H,8H2,1H3,(H,14,16)(H,15,17)/t9-/m1/s1. The lowest BCUT2D eigenvalue weighted by Gasteiger charge is -2.12. The molecule has 2 amide bonds. The number of thiophene rings is 1. The second-order valence-corrected chi connectivity index (χ2v) is 4.92. The average molecular weight is 278 g/mol. The summed E-state index contributed by atoms with van der Waals surface area (Å²) in [6, 6.07) is 6.44. The quantitative estimate of drug-likeness (QED) is 0.875. The summed E-state index contributed by atoms with van der Waals surface area (Å²) in [4.78, 5) is 24.1. The van der Waals surface area contributed by atoms with E-state index in [4.69, 9.17) is 4.42 Å². The molecule has 2 heterocycles. The molecule has 0 bridgehead atoms. The molecule has 0 aromatic carbocycles. The van der Waals surface area contributed by atoms with Crippen molar-refractivity contribution in [2.45, 2.75) is 19.5 Å². The fraction of sp³-hybridized carbons (Fsp3) is 0.231. The highest BCUT2D eigenvalue weighted by Gasteiger charge is 2.16. The van der Waals surface area contributed by atoms with Gasteiger partial charge in [-0.2, -0.15) is 0 Å². The summed E-state index contributed by atoms with van der Waals surface area (Å²) in [6.45, 7) is 1.95. The monoisotopic (exact) mass is 278 g/mol. The number of hydrogen-bond donors (Lipinski definition) is 2.